The maximum atomic E-state index is 12.8. The fraction of sp³-hybridized carbons (Fsp3) is 0.286. The molecule has 1 aromatic heterocycles. The van der Waals surface area contributed by atoms with Gasteiger partial charge in [-0.15, -0.1) is 0 Å². The second-order valence-corrected chi connectivity index (χ2v) is 5.06. The molecule has 2 atom stereocenters. The minimum atomic E-state index is -4.52. The first kappa shape index (κ1) is 14.9. The van der Waals surface area contributed by atoms with Gasteiger partial charge in [0, 0.05) is 5.57 Å². The van der Waals surface area contributed by atoms with E-state index in [-0.39, 0.29) is 12.3 Å². The molecular weight excluding hydrogens is 297 g/mol. The third kappa shape index (κ3) is 2.68. The highest BCUT2D eigenvalue weighted by atomic mass is 19.4. The zero-order valence-electron chi connectivity index (χ0n) is 11.3. The molecule has 2 aliphatic rings. The monoisotopic (exact) mass is 310 g/mol. The molecule has 2 heterocycles. The summed E-state index contributed by atoms with van der Waals surface area (Å²) in [4.78, 5) is 7.72. The number of alkyl halides is 3. The Morgan fingerprint density at radius 3 is 2.82 bits per heavy atom. The van der Waals surface area contributed by atoms with Crippen LogP contribution in [0.5, 0.6) is 0 Å². The molecule has 0 fully saturated rings. The summed E-state index contributed by atoms with van der Waals surface area (Å²) < 4.78 is 43.5. The van der Waals surface area contributed by atoms with Crippen LogP contribution in [0.25, 0.3) is 0 Å². The number of nitrogens with two attached hydrogens (primary N) is 2. The Morgan fingerprint density at radius 2 is 2.09 bits per heavy atom. The lowest BCUT2D eigenvalue weighted by Crippen LogP contribution is -2.39. The molecule has 3 rings (SSSR count). The van der Waals surface area contributed by atoms with Gasteiger partial charge in [0.1, 0.15) is 5.69 Å². The molecule has 0 saturated heterocycles. The van der Waals surface area contributed by atoms with Gasteiger partial charge >= 0.3 is 6.18 Å². The standard InChI is InChI=1S/C14H13F3N4O/c15-14(16,17)11-3-1-2-10(21-11)13(19)5-4-9-8(6-13)7-22-12(18)20-9/h1-6,12H,7,18-19H2. The highest BCUT2D eigenvalue weighted by Gasteiger charge is 2.35. The smallest absolute Gasteiger partial charge is 0.339 e. The van der Waals surface area contributed by atoms with Crippen LogP contribution in [0.3, 0.4) is 0 Å². The van der Waals surface area contributed by atoms with Gasteiger partial charge in [0.05, 0.1) is 23.6 Å². The Hall–Kier alpha value is -2.03. The maximum Gasteiger partial charge on any atom is 0.433 e. The van der Waals surface area contributed by atoms with E-state index >= 15 is 0 Å². The maximum absolute atomic E-state index is 12.8. The van der Waals surface area contributed by atoms with Crippen LogP contribution in [0.15, 0.2) is 47.0 Å². The highest BCUT2D eigenvalue weighted by Crippen LogP contribution is 2.32. The minimum absolute atomic E-state index is 0.0972. The molecule has 0 saturated carbocycles. The largest absolute Gasteiger partial charge is 0.433 e. The molecule has 22 heavy (non-hydrogen) atoms. The average Bonchev–Trinajstić information content (AvgIpc) is 2.47. The van der Waals surface area contributed by atoms with Crippen molar-refractivity contribution in [3.63, 3.8) is 0 Å². The predicted molar refractivity (Wildman–Crippen MR) is 73.7 cm³/mol. The lowest BCUT2D eigenvalue weighted by atomic mass is 9.86. The average molecular weight is 310 g/mol. The van der Waals surface area contributed by atoms with Crippen LogP contribution in [0, 0.1) is 0 Å². The molecule has 0 amide bonds. The van der Waals surface area contributed by atoms with E-state index in [0.29, 0.717) is 11.3 Å². The Bertz CT molecular complexity index is 696. The second-order valence-electron chi connectivity index (χ2n) is 5.06. The first-order valence-corrected chi connectivity index (χ1v) is 6.48. The molecule has 0 bridgehead atoms. The normalized spacial score (nSPS) is 28.0. The van der Waals surface area contributed by atoms with Crippen molar-refractivity contribution in [2.45, 2.75) is 18.1 Å². The summed E-state index contributed by atoms with van der Waals surface area (Å²) in [5.74, 6) is 0. The van der Waals surface area contributed by atoms with E-state index in [4.69, 9.17) is 16.2 Å². The van der Waals surface area contributed by atoms with Crippen LogP contribution in [0.4, 0.5) is 13.2 Å². The van der Waals surface area contributed by atoms with Crippen molar-refractivity contribution >= 4 is 5.71 Å². The Labute approximate surface area is 124 Å². The van der Waals surface area contributed by atoms with E-state index in [2.05, 4.69) is 9.98 Å². The first-order valence-electron chi connectivity index (χ1n) is 6.48. The summed E-state index contributed by atoms with van der Waals surface area (Å²) in [6.45, 7) is 0.197. The predicted octanol–water partition coefficient (Wildman–Crippen LogP) is 1.46. The third-order valence-corrected chi connectivity index (χ3v) is 3.42. The van der Waals surface area contributed by atoms with Gasteiger partial charge in [-0.05, 0) is 24.3 Å². The van der Waals surface area contributed by atoms with Crippen molar-refractivity contribution < 1.29 is 17.9 Å². The molecule has 0 aromatic carbocycles. The van der Waals surface area contributed by atoms with Crippen LogP contribution in [-0.4, -0.2) is 23.7 Å². The molecule has 2 unspecified atom stereocenters. The van der Waals surface area contributed by atoms with Crippen LogP contribution in [0.2, 0.25) is 0 Å². The van der Waals surface area contributed by atoms with Gasteiger partial charge in [-0.3, -0.25) is 5.73 Å². The number of hydrogen-bond acceptors (Lipinski definition) is 5. The van der Waals surface area contributed by atoms with Crippen molar-refractivity contribution in [2.75, 3.05) is 6.61 Å². The Kier molecular flexibility index (Phi) is 3.39. The zero-order chi connectivity index (χ0) is 16.0. The van der Waals surface area contributed by atoms with Crippen LogP contribution in [-0.2, 0) is 16.5 Å². The van der Waals surface area contributed by atoms with Crippen LogP contribution >= 0.6 is 0 Å². The van der Waals surface area contributed by atoms with Gasteiger partial charge < -0.3 is 10.5 Å². The van der Waals surface area contributed by atoms with Gasteiger partial charge in [-0.2, -0.15) is 13.2 Å². The molecule has 4 N–H and O–H groups in total. The van der Waals surface area contributed by atoms with Crippen molar-refractivity contribution in [1.29, 1.82) is 0 Å². The number of hydrogen-bond donors (Lipinski definition) is 2. The molecule has 1 aliphatic carbocycles. The summed E-state index contributed by atoms with van der Waals surface area (Å²) in [5.41, 5.74) is 10.9. The number of rotatable bonds is 1. The number of fused-ring (bicyclic) bond motifs is 1. The zero-order valence-corrected chi connectivity index (χ0v) is 11.3. The second kappa shape index (κ2) is 5.01. The van der Waals surface area contributed by atoms with Gasteiger partial charge in [0.2, 0.25) is 6.35 Å². The number of pyridine rings is 1. The fourth-order valence-corrected chi connectivity index (χ4v) is 2.32. The van der Waals surface area contributed by atoms with E-state index in [1.807, 2.05) is 0 Å². The van der Waals surface area contributed by atoms with Crippen molar-refractivity contribution in [3.8, 4) is 0 Å². The van der Waals surface area contributed by atoms with Crippen LogP contribution < -0.4 is 11.5 Å². The molecule has 116 valence electrons. The molecule has 1 aromatic rings. The topological polar surface area (TPSA) is 86.5 Å². The molecule has 1 aliphatic heterocycles. The lowest BCUT2D eigenvalue weighted by Gasteiger charge is -2.30. The van der Waals surface area contributed by atoms with E-state index < -0.39 is 23.8 Å². The first-order chi connectivity index (χ1) is 10.3. The summed E-state index contributed by atoms with van der Waals surface area (Å²) >= 11 is 0. The minimum Gasteiger partial charge on any atom is -0.339 e. The SMILES string of the molecule is NC1N=C2C=CC(N)(c3cccc(C(F)(F)F)n3)C=C2CO1. The molecular formula is C14H13F3N4O. The van der Waals surface area contributed by atoms with E-state index in [0.717, 1.165) is 6.07 Å². The van der Waals surface area contributed by atoms with E-state index in [1.54, 1.807) is 18.2 Å². The molecule has 0 spiro atoms. The molecule has 5 nitrogen and oxygen atoms in total. The van der Waals surface area contributed by atoms with Gasteiger partial charge in [0.25, 0.3) is 0 Å². The molecule has 8 heteroatoms. The number of allylic oxidation sites excluding steroid dienone is 1. The van der Waals surface area contributed by atoms with Gasteiger partial charge in [0.15, 0.2) is 0 Å². The van der Waals surface area contributed by atoms with Crippen molar-refractivity contribution in [2.24, 2.45) is 16.5 Å². The number of nitrogens with zero attached hydrogens (tertiary/aromatic N) is 2. The van der Waals surface area contributed by atoms with Gasteiger partial charge in [-0.25, -0.2) is 9.98 Å². The quantitative estimate of drug-likeness (QED) is 0.822. The van der Waals surface area contributed by atoms with Crippen LogP contribution in [0.1, 0.15) is 11.4 Å². The number of ether oxygens (including phenoxy) is 1. The summed E-state index contributed by atoms with van der Waals surface area (Å²) in [7, 11) is 0. The van der Waals surface area contributed by atoms with E-state index in [9.17, 15) is 13.2 Å². The Morgan fingerprint density at radius 1 is 1.32 bits per heavy atom. The van der Waals surface area contributed by atoms with Gasteiger partial charge in [-0.1, -0.05) is 12.1 Å². The molecule has 0 radical (unpaired) electrons. The van der Waals surface area contributed by atoms with E-state index in [1.165, 1.54) is 12.1 Å². The number of aliphatic imine (C=N–C) groups is 1. The lowest BCUT2D eigenvalue weighted by molar-refractivity contribution is -0.141. The fourth-order valence-electron chi connectivity index (χ4n) is 2.32. The third-order valence-electron chi connectivity index (χ3n) is 3.42. The highest BCUT2D eigenvalue weighted by molar-refractivity contribution is 6.10. The summed E-state index contributed by atoms with van der Waals surface area (Å²) in [5, 5.41) is 0. The summed E-state index contributed by atoms with van der Waals surface area (Å²) in [6, 6.07) is 3.64. The number of aromatic nitrogens is 1. The summed E-state index contributed by atoms with van der Waals surface area (Å²) in [6.07, 6.45) is -0.491. The van der Waals surface area contributed by atoms with Crippen molar-refractivity contribution in [3.05, 3.63) is 53.4 Å². The number of halogens is 3. The Balaban J connectivity index is 2.01. The van der Waals surface area contributed by atoms with Crippen molar-refractivity contribution in [1.82, 2.24) is 4.98 Å².